The van der Waals surface area contributed by atoms with E-state index in [4.69, 9.17) is 4.74 Å². The molecule has 0 saturated carbocycles. The summed E-state index contributed by atoms with van der Waals surface area (Å²) in [5.74, 6) is 0.525. The van der Waals surface area contributed by atoms with Crippen molar-refractivity contribution in [3.05, 3.63) is 77.1 Å². The molecule has 0 spiro atoms. The van der Waals surface area contributed by atoms with Gasteiger partial charge in [-0.25, -0.2) is 8.42 Å². The van der Waals surface area contributed by atoms with E-state index in [1.807, 2.05) is 0 Å². The third-order valence-electron chi connectivity index (χ3n) is 5.36. The zero-order valence-corrected chi connectivity index (χ0v) is 18.4. The Hall–Kier alpha value is -3.39. The number of aryl methyl sites for hydroxylation is 2. The van der Waals surface area contributed by atoms with Crippen molar-refractivity contribution < 1.29 is 17.9 Å². The minimum atomic E-state index is -3.78. The van der Waals surface area contributed by atoms with E-state index in [1.54, 1.807) is 80.7 Å². The lowest BCUT2D eigenvalue weighted by Crippen LogP contribution is -2.28. The molecule has 7 nitrogen and oxygen atoms in total. The quantitative estimate of drug-likeness (QED) is 0.657. The molecule has 0 radical (unpaired) electrons. The molecule has 1 aliphatic heterocycles. The van der Waals surface area contributed by atoms with Crippen molar-refractivity contribution in [2.45, 2.75) is 25.2 Å². The zero-order valence-electron chi connectivity index (χ0n) is 17.5. The number of benzene rings is 2. The predicted octanol–water partition coefficient (Wildman–Crippen LogP) is 3.71. The van der Waals surface area contributed by atoms with Gasteiger partial charge in [0.2, 0.25) is 0 Å². The van der Waals surface area contributed by atoms with Gasteiger partial charge in [-0.2, -0.15) is 0 Å². The number of sulfonamides is 1. The molecular formula is C23H23N3O4S. The summed E-state index contributed by atoms with van der Waals surface area (Å²) in [6, 6.07) is 12.0. The number of pyridine rings is 1. The maximum atomic E-state index is 13.0. The molecule has 8 heteroatoms. The van der Waals surface area contributed by atoms with Gasteiger partial charge in [-0.3, -0.25) is 14.5 Å². The molecule has 1 aromatic heterocycles. The fourth-order valence-electron chi connectivity index (χ4n) is 3.80. The third kappa shape index (κ3) is 3.98. The highest BCUT2D eigenvalue weighted by molar-refractivity contribution is 7.92. The molecule has 0 aliphatic carbocycles. The normalized spacial score (nSPS) is 13.1. The molecule has 2 heterocycles. The number of ether oxygens (including phenoxy) is 1. The summed E-state index contributed by atoms with van der Waals surface area (Å²) in [4.78, 5) is 18.7. The van der Waals surface area contributed by atoms with E-state index >= 15 is 0 Å². The number of carbonyl (C=O) groups is 1. The van der Waals surface area contributed by atoms with E-state index in [-0.39, 0.29) is 10.8 Å². The van der Waals surface area contributed by atoms with Crippen molar-refractivity contribution in [1.82, 2.24) is 4.98 Å². The topological polar surface area (TPSA) is 88.6 Å². The van der Waals surface area contributed by atoms with Gasteiger partial charge in [-0.1, -0.05) is 0 Å². The monoisotopic (exact) mass is 437 g/mol. The van der Waals surface area contributed by atoms with Gasteiger partial charge < -0.3 is 9.64 Å². The molecule has 31 heavy (non-hydrogen) atoms. The molecule has 1 N–H and O–H groups in total. The van der Waals surface area contributed by atoms with Gasteiger partial charge in [0.05, 0.1) is 17.6 Å². The standard InChI is InChI=1S/C23H23N3O4S/c1-15-12-22(16(2)11-21(15)30-3)31(28,29)25-19-6-7-20-17(13-19)8-10-26(20)23(27)18-5-4-9-24-14-18/h4-7,9,11-14,25H,8,10H2,1-3H3. The summed E-state index contributed by atoms with van der Waals surface area (Å²) >= 11 is 0. The lowest BCUT2D eigenvalue weighted by molar-refractivity contribution is 0.0989. The second kappa shape index (κ2) is 8.03. The smallest absolute Gasteiger partial charge is 0.262 e. The van der Waals surface area contributed by atoms with E-state index in [9.17, 15) is 13.2 Å². The number of hydrogen-bond acceptors (Lipinski definition) is 5. The van der Waals surface area contributed by atoms with Crippen LogP contribution in [0.5, 0.6) is 5.75 Å². The minimum absolute atomic E-state index is 0.121. The summed E-state index contributed by atoms with van der Waals surface area (Å²) in [6.45, 7) is 4.08. The Balaban J connectivity index is 1.59. The van der Waals surface area contributed by atoms with Gasteiger partial charge in [0.15, 0.2) is 0 Å². The van der Waals surface area contributed by atoms with Crippen LogP contribution in [-0.2, 0) is 16.4 Å². The molecule has 1 aliphatic rings. The molecule has 160 valence electrons. The van der Waals surface area contributed by atoms with Crippen LogP contribution in [0.3, 0.4) is 0 Å². The molecule has 1 amide bonds. The number of fused-ring (bicyclic) bond motifs is 1. The lowest BCUT2D eigenvalue weighted by atomic mass is 10.1. The first-order chi connectivity index (χ1) is 14.8. The Kier molecular flexibility index (Phi) is 5.41. The fourth-order valence-corrected chi connectivity index (χ4v) is 5.17. The summed E-state index contributed by atoms with van der Waals surface area (Å²) < 4.78 is 34.0. The van der Waals surface area contributed by atoms with Crippen LogP contribution >= 0.6 is 0 Å². The van der Waals surface area contributed by atoms with Gasteiger partial charge in [0.1, 0.15) is 5.75 Å². The van der Waals surface area contributed by atoms with Crippen LogP contribution in [0.25, 0.3) is 0 Å². The Morgan fingerprint density at radius 2 is 1.94 bits per heavy atom. The van der Waals surface area contributed by atoms with E-state index in [1.165, 1.54) is 0 Å². The van der Waals surface area contributed by atoms with Crippen molar-refractivity contribution in [3.8, 4) is 5.75 Å². The van der Waals surface area contributed by atoms with Crippen LogP contribution in [-0.4, -0.2) is 33.0 Å². The number of nitrogens with zero attached hydrogens (tertiary/aromatic N) is 2. The minimum Gasteiger partial charge on any atom is -0.496 e. The Morgan fingerprint density at radius 1 is 1.13 bits per heavy atom. The van der Waals surface area contributed by atoms with E-state index in [0.29, 0.717) is 35.5 Å². The SMILES string of the molecule is COc1cc(C)c(S(=O)(=O)Nc2ccc3c(c2)CCN3C(=O)c2cccnc2)cc1C. The van der Waals surface area contributed by atoms with Gasteiger partial charge in [-0.15, -0.1) is 0 Å². The number of carbonyl (C=O) groups excluding carboxylic acids is 1. The number of rotatable bonds is 5. The molecule has 3 aromatic rings. The van der Waals surface area contributed by atoms with Gasteiger partial charge in [0, 0.05) is 30.3 Å². The average molecular weight is 438 g/mol. The molecule has 4 rings (SSSR count). The van der Waals surface area contributed by atoms with Crippen LogP contribution in [0.4, 0.5) is 11.4 Å². The number of hydrogen-bond donors (Lipinski definition) is 1. The molecule has 0 fully saturated rings. The van der Waals surface area contributed by atoms with Crippen LogP contribution in [0.15, 0.2) is 59.8 Å². The summed E-state index contributed by atoms with van der Waals surface area (Å²) in [5.41, 5.74) is 4.03. The first-order valence-electron chi connectivity index (χ1n) is 9.83. The predicted molar refractivity (Wildman–Crippen MR) is 119 cm³/mol. The highest BCUT2D eigenvalue weighted by Gasteiger charge is 2.27. The van der Waals surface area contributed by atoms with Gasteiger partial charge >= 0.3 is 0 Å². The average Bonchev–Trinajstić information content (AvgIpc) is 3.18. The summed E-state index contributed by atoms with van der Waals surface area (Å²) in [5, 5.41) is 0. The second-order valence-electron chi connectivity index (χ2n) is 7.48. The highest BCUT2D eigenvalue weighted by Crippen LogP contribution is 2.33. The Morgan fingerprint density at radius 3 is 2.65 bits per heavy atom. The van der Waals surface area contributed by atoms with Crippen molar-refractivity contribution in [3.63, 3.8) is 0 Å². The van der Waals surface area contributed by atoms with Crippen LogP contribution in [0.1, 0.15) is 27.0 Å². The molecule has 0 bridgehead atoms. The number of aromatic nitrogens is 1. The van der Waals surface area contributed by atoms with E-state index < -0.39 is 10.0 Å². The Labute approximate surface area is 181 Å². The van der Waals surface area contributed by atoms with E-state index in [0.717, 1.165) is 16.8 Å². The van der Waals surface area contributed by atoms with Crippen LogP contribution in [0.2, 0.25) is 0 Å². The Bertz CT molecular complexity index is 1260. The molecular weight excluding hydrogens is 414 g/mol. The summed E-state index contributed by atoms with van der Waals surface area (Å²) in [7, 11) is -2.22. The highest BCUT2D eigenvalue weighted by atomic mass is 32.2. The second-order valence-corrected chi connectivity index (χ2v) is 9.14. The van der Waals surface area contributed by atoms with Gasteiger partial charge in [0.25, 0.3) is 15.9 Å². The van der Waals surface area contributed by atoms with Crippen molar-refractivity contribution in [2.24, 2.45) is 0 Å². The first-order valence-corrected chi connectivity index (χ1v) is 11.3. The molecule has 2 aromatic carbocycles. The number of amides is 1. The first kappa shape index (κ1) is 20.9. The summed E-state index contributed by atoms with van der Waals surface area (Å²) in [6.07, 6.45) is 3.82. The van der Waals surface area contributed by atoms with Crippen molar-refractivity contribution >= 4 is 27.3 Å². The number of nitrogens with one attached hydrogen (secondary N) is 1. The van der Waals surface area contributed by atoms with E-state index in [2.05, 4.69) is 9.71 Å². The molecule has 0 saturated heterocycles. The third-order valence-corrected chi connectivity index (χ3v) is 6.89. The van der Waals surface area contributed by atoms with Gasteiger partial charge in [-0.05, 0) is 79.4 Å². The zero-order chi connectivity index (χ0) is 22.2. The van der Waals surface area contributed by atoms with Crippen LogP contribution < -0.4 is 14.4 Å². The number of methoxy groups -OCH3 is 1. The molecule has 0 atom stereocenters. The maximum absolute atomic E-state index is 13.0. The maximum Gasteiger partial charge on any atom is 0.262 e. The number of anilines is 2. The lowest BCUT2D eigenvalue weighted by Gasteiger charge is -2.18. The van der Waals surface area contributed by atoms with Crippen molar-refractivity contribution in [1.29, 1.82) is 0 Å². The van der Waals surface area contributed by atoms with Crippen LogP contribution in [0, 0.1) is 13.8 Å². The van der Waals surface area contributed by atoms with Crippen molar-refractivity contribution in [2.75, 3.05) is 23.3 Å². The largest absolute Gasteiger partial charge is 0.496 e. The molecule has 0 unspecified atom stereocenters. The fraction of sp³-hybridized carbons (Fsp3) is 0.217.